The van der Waals surface area contributed by atoms with Gasteiger partial charge in [-0.1, -0.05) is 30.3 Å². The first-order chi connectivity index (χ1) is 12.1. The highest BCUT2D eigenvalue weighted by molar-refractivity contribution is 5.90. The van der Waals surface area contributed by atoms with E-state index in [4.69, 9.17) is 9.47 Å². The van der Waals surface area contributed by atoms with Crippen molar-refractivity contribution < 1.29 is 14.3 Å². The molecule has 25 heavy (non-hydrogen) atoms. The lowest BCUT2D eigenvalue weighted by atomic mass is 9.86. The van der Waals surface area contributed by atoms with Gasteiger partial charge in [0.1, 0.15) is 12.2 Å². The van der Waals surface area contributed by atoms with Crippen LogP contribution in [0.3, 0.4) is 0 Å². The molecular weight excluding hydrogens is 320 g/mol. The summed E-state index contributed by atoms with van der Waals surface area (Å²) in [6.45, 7) is 3.17. The minimum atomic E-state index is -0.438. The van der Waals surface area contributed by atoms with Gasteiger partial charge in [-0.25, -0.2) is 14.8 Å². The molecule has 1 aromatic heterocycles. The van der Waals surface area contributed by atoms with Crippen molar-refractivity contribution in [1.29, 1.82) is 0 Å². The fourth-order valence-corrected chi connectivity index (χ4v) is 2.92. The molecule has 1 N–H and O–H groups in total. The van der Waals surface area contributed by atoms with Crippen molar-refractivity contribution >= 4 is 11.7 Å². The Kier molecular flexibility index (Phi) is 4.96. The third-order valence-corrected chi connectivity index (χ3v) is 4.41. The number of hydrogen-bond acceptors (Lipinski definition) is 5. The van der Waals surface area contributed by atoms with E-state index in [1.807, 2.05) is 37.3 Å². The zero-order chi connectivity index (χ0) is 17.9. The first-order valence-corrected chi connectivity index (χ1v) is 8.06. The number of nitrogens with zero attached hydrogens (tertiary/aromatic N) is 3. The molecule has 1 fully saturated rings. The number of aryl methyl sites for hydroxylation is 1. The highest BCUT2D eigenvalue weighted by Crippen LogP contribution is 2.35. The van der Waals surface area contributed by atoms with E-state index in [9.17, 15) is 4.79 Å². The molecule has 1 aromatic carbocycles. The number of aromatic nitrogens is 2. The number of carbonyl (C=O) groups excluding carboxylic acids is 1. The maximum Gasteiger partial charge on any atom is 0.322 e. The van der Waals surface area contributed by atoms with Crippen LogP contribution in [-0.2, 0) is 21.7 Å². The summed E-state index contributed by atoms with van der Waals surface area (Å²) in [5.74, 6) is 0.587. The lowest BCUT2D eigenvalue weighted by molar-refractivity contribution is -0.109. The molecule has 2 heterocycles. The maximum atomic E-state index is 12.5. The lowest BCUT2D eigenvalue weighted by Gasteiger charge is -2.49. The van der Waals surface area contributed by atoms with Crippen LogP contribution in [0.1, 0.15) is 17.1 Å². The van der Waals surface area contributed by atoms with E-state index in [1.165, 1.54) is 0 Å². The molecular formula is C18H22N4O3. The fourth-order valence-electron chi connectivity index (χ4n) is 2.92. The summed E-state index contributed by atoms with van der Waals surface area (Å²) in [6.07, 6.45) is 1.61. The molecule has 0 radical (unpaired) electrons. The van der Waals surface area contributed by atoms with Gasteiger partial charge in [0, 0.05) is 14.2 Å². The van der Waals surface area contributed by atoms with Crippen molar-refractivity contribution in [3.8, 4) is 0 Å². The molecule has 0 saturated carbocycles. The Balaban J connectivity index is 1.64. The van der Waals surface area contributed by atoms with Crippen molar-refractivity contribution in [2.24, 2.45) is 0 Å². The molecule has 1 aliphatic heterocycles. The Hall–Kier alpha value is -2.51. The van der Waals surface area contributed by atoms with E-state index in [2.05, 4.69) is 15.3 Å². The van der Waals surface area contributed by atoms with Gasteiger partial charge in [-0.2, -0.15) is 0 Å². The van der Waals surface area contributed by atoms with E-state index in [0.29, 0.717) is 36.9 Å². The van der Waals surface area contributed by atoms with Crippen LogP contribution in [0.4, 0.5) is 10.5 Å². The molecule has 132 valence electrons. The van der Waals surface area contributed by atoms with Gasteiger partial charge in [0.2, 0.25) is 0 Å². The molecule has 1 saturated heterocycles. The highest BCUT2D eigenvalue weighted by atomic mass is 16.5. The van der Waals surface area contributed by atoms with Crippen LogP contribution >= 0.6 is 0 Å². The van der Waals surface area contributed by atoms with Gasteiger partial charge in [-0.3, -0.25) is 0 Å². The van der Waals surface area contributed by atoms with Crippen molar-refractivity contribution in [2.45, 2.75) is 19.1 Å². The smallest absolute Gasteiger partial charge is 0.322 e. The average Bonchev–Trinajstić information content (AvgIpc) is 2.58. The topological polar surface area (TPSA) is 76.6 Å². The van der Waals surface area contributed by atoms with Crippen molar-refractivity contribution in [3.05, 3.63) is 53.6 Å². The number of benzene rings is 1. The van der Waals surface area contributed by atoms with Gasteiger partial charge in [0.25, 0.3) is 0 Å². The Morgan fingerprint density at radius 3 is 2.60 bits per heavy atom. The van der Waals surface area contributed by atoms with Gasteiger partial charge in [-0.15, -0.1) is 0 Å². The fraction of sp³-hybridized carbons (Fsp3) is 0.389. The molecule has 7 nitrogen and oxygen atoms in total. The van der Waals surface area contributed by atoms with E-state index in [-0.39, 0.29) is 6.03 Å². The first kappa shape index (κ1) is 17.3. The summed E-state index contributed by atoms with van der Waals surface area (Å²) < 4.78 is 10.7. The molecule has 0 bridgehead atoms. The highest BCUT2D eigenvalue weighted by Gasteiger charge is 2.47. The number of likely N-dealkylation sites (tertiary alicyclic amines) is 1. The average molecular weight is 342 g/mol. The van der Waals surface area contributed by atoms with Crippen molar-refractivity contribution in [2.75, 3.05) is 32.6 Å². The molecule has 2 aromatic rings. The van der Waals surface area contributed by atoms with E-state index < -0.39 is 5.60 Å². The molecule has 0 atom stereocenters. The molecule has 7 heteroatoms. The normalized spacial score (nSPS) is 15.6. The Bertz CT molecular complexity index is 745. The summed E-state index contributed by atoms with van der Waals surface area (Å²) in [5, 5.41) is 2.86. The number of ether oxygens (including phenoxy) is 2. The van der Waals surface area contributed by atoms with Gasteiger partial charge in [0.05, 0.1) is 30.7 Å². The maximum absolute atomic E-state index is 12.5. The minimum absolute atomic E-state index is 0.185. The third-order valence-electron chi connectivity index (χ3n) is 4.41. The number of anilines is 1. The number of methoxy groups -OCH3 is 2. The number of nitrogens with one attached hydrogen (secondary N) is 1. The van der Waals surface area contributed by atoms with Crippen LogP contribution in [0.5, 0.6) is 0 Å². The molecule has 0 unspecified atom stereocenters. The van der Waals surface area contributed by atoms with Gasteiger partial charge in [-0.05, 0) is 12.5 Å². The Morgan fingerprint density at radius 2 is 2.00 bits per heavy atom. The van der Waals surface area contributed by atoms with Crippen molar-refractivity contribution in [1.82, 2.24) is 14.9 Å². The molecule has 0 aliphatic carbocycles. The van der Waals surface area contributed by atoms with Crippen LogP contribution < -0.4 is 5.32 Å². The second-order valence-corrected chi connectivity index (χ2v) is 6.07. The third kappa shape index (κ3) is 3.47. The summed E-state index contributed by atoms with van der Waals surface area (Å²) >= 11 is 0. The number of carbonyl (C=O) groups is 1. The van der Waals surface area contributed by atoms with Gasteiger partial charge >= 0.3 is 6.03 Å². The zero-order valence-electron chi connectivity index (χ0n) is 14.7. The van der Waals surface area contributed by atoms with Crippen molar-refractivity contribution in [3.63, 3.8) is 0 Å². The molecule has 3 rings (SSSR count). The standard InChI is InChI=1S/C18H22N4O3/c1-13-15(9-19-16(20-13)10-24-2)21-17(23)22-11-18(12-22,25-3)14-7-5-4-6-8-14/h4-9H,10-12H2,1-3H3,(H,21,23). The number of urea groups is 1. The van der Waals surface area contributed by atoms with E-state index in [0.717, 1.165) is 5.56 Å². The van der Waals surface area contributed by atoms with Gasteiger partial charge in [0.15, 0.2) is 5.82 Å². The molecule has 2 amide bonds. The minimum Gasteiger partial charge on any atom is -0.377 e. The number of rotatable bonds is 5. The summed E-state index contributed by atoms with van der Waals surface area (Å²) in [5.41, 5.74) is 1.94. The van der Waals surface area contributed by atoms with Crippen LogP contribution in [-0.4, -0.2) is 48.2 Å². The number of amides is 2. The van der Waals surface area contributed by atoms with Crippen LogP contribution in [0, 0.1) is 6.92 Å². The lowest BCUT2D eigenvalue weighted by Crippen LogP contribution is -2.63. The Labute approximate surface area is 147 Å². The quantitative estimate of drug-likeness (QED) is 0.902. The largest absolute Gasteiger partial charge is 0.377 e. The second-order valence-electron chi connectivity index (χ2n) is 6.07. The zero-order valence-corrected chi connectivity index (χ0v) is 14.7. The second kappa shape index (κ2) is 7.16. The molecule has 0 spiro atoms. The summed E-state index contributed by atoms with van der Waals surface area (Å²) in [6, 6.07) is 9.76. The number of hydrogen-bond donors (Lipinski definition) is 1. The first-order valence-electron chi connectivity index (χ1n) is 8.06. The van der Waals surface area contributed by atoms with E-state index in [1.54, 1.807) is 25.3 Å². The SMILES string of the molecule is COCc1ncc(NC(=O)N2CC(OC)(c3ccccc3)C2)c(C)n1. The van der Waals surface area contributed by atoms with Crippen LogP contribution in [0.25, 0.3) is 0 Å². The van der Waals surface area contributed by atoms with Crippen LogP contribution in [0.2, 0.25) is 0 Å². The molecule has 1 aliphatic rings. The Morgan fingerprint density at radius 1 is 1.28 bits per heavy atom. The predicted molar refractivity (Wildman–Crippen MR) is 93.2 cm³/mol. The predicted octanol–water partition coefficient (Wildman–Crippen LogP) is 2.32. The summed E-state index contributed by atoms with van der Waals surface area (Å²) in [4.78, 5) is 22.7. The van der Waals surface area contributed by atoms with E-state index >= 15 is 0 Å². The summed E-state index contributed by atoms with van der Waals surface area (Å²) in [7, 11) is 3.27. The monoisotopic (exact) mass is 342 g/mol. The van der Waals surface area contributed by atoms with Crippen LogP contribution in [0.15, 0.2) is 36.5 Å². The van der Waals surface area contributed by atoms with Gasteiger partial charge < -0.3 is 19.7 Å².